The third-order valence-corrected chi connectivity index (χ3v) is 4.54. The van der Waals surface area contributed by atoms with Gasteiger partial charge in [-0.15, -0.1) is 0 Å². The average molecular weight is 334 g/mol. The molecule has 0 bridgehead atoms. The molecule has 0 amide bonds. The van der Waals surface area contributed by atoms with Crippen molar-refractivity contribution in [3.8, 4) is 0 Å². The van der Waals surface area contributed by atoms with Gasteiger partial charge < -0.3 is 10.0 Å². The molecule has 2 unspecified atom stereocenters. The van der Waals surface area contributed by atoms with E-state index >= 15 is 0 Å². The van der Waals surface area contributed by atoms with Gasteiger partial charge in [0.1, 0.15) is 0 Å². The maximum atomic E-state index is 12.2. The van der Waals surface area contributed by atoms with Gasteiger partial charge in [-0.1, -0.05) is 40.2 Å². The van der Waals surface area contributed by atoms with E-state index in [-0.39, 0.29) is 11.8 Å². The van der Waals surface area contributed by atoms with E-state index in [1.807, 2.05) is 30.5 Å². The van der Waals surface area contributed by atoms with Crippen molar-refractivity contribution in [1.82, 2.24) is 4.90 Å². The SMILES string of the molecule is O=C1C=CN2CC=CCC2C1[C@@H](O)c1ccc(Br)cc1. The molecule has 0 radical (unpaired) electrons. The van der Waals surface area contributed by atoms with E-state index in [1.165, 1.54) is 0 Å². The summed E-state index contributed by atoms with van der Waals surface area (Å²) in [5.74, 6) is -0.386. The molecule has 0 saturated carbocycles. The van der Waals surface area contributed by atoms with Gasteiger partial charge in [-0.3, -0.25) is 4.79 Å². The summed E-state index contributed by atoms with van der Waals surface area (Å²) in [6.07, 6.45) is 7.66. The van der Waals surface area contributed by atoms with E-state index < -0.39 is 12.0 Å². The molecule has 4 heteroatoms. The Bertz CT molecular complexity index is 564. The second kappa shape index (κ2) is 5.54. The van der Waals surface area contributed by atoms with E-state index in [9.17, 15) is 9.90 Å². The quantitative estimate of drug-likeness (QED) is 0.846. The number of hydrogen-bond acceptors (Lipinski definition) is 3. The fourth-order valence-corrected chi connectivity index (χ4v) is 3.19. The number of allylic oxidation sites excluding steroid dienone is 1. The zero-order valence-corrected chi connectivity index (χ0v) is 12.5. The Kier molecular flexibility index (Phi) is 3.76. The number of aliphatic hydroxyl groups excluding tert-OH is 1. The highest BCUT2D eigenvalue weighted by Gasteiger charge is 2.39. The van der Waals surface area contributed by atoms with Crippen LogP contribution < -0.4 is 0 Å². The van der Waals surface area contributed by atoms with E-state index in [1.54, 1.807) is 6.08 Å². The van der Waals surface area contributed by atoms with Crippen LogP contribution in [0.25, 0.3) is 0 Å². The summed E-state index contributed by atoms with van der Waals surface area (Å²) >= 11 is 3.38. The van der Waals surface area contributed by atoms with Crippen molar-refractivity contribution in [1.29, 1.82) is 0 Å². The van der Waals surface area contributed by atoms with Crippen LogP contribution in [0.2, 0.25) is 0 Å². The van der Waals surface area contributed by atoms with Gasteiger partial charge >= 0.3 is 0 Å². The molecule has 0 spiro atoms. The number of hydrogen-bond donors (Lipinski definition) is 1. The van der Waals surface area contributed by atoms with Gasteiger partial charge in [-0.05, 0) is 30.2 Å². The van der Waals surface area contributed by atoms with Crippen LogP contribution in [-0.2, 0) is 4.79 Å². The molecule has 3 atom stereocenters. The van der Waals surface area contributed by atoms with Crippen molar-refractivity contribution in [3.63, 3.8) is 0 Å². The minimum atomic E-state index is -0.764. The highest BCUT2D eigenvalue weighted by molar-refractivity contribution is 9.10. The number of benzene rings is 1. The van der Waals surface area contributed by atoms with Gasteiger partial charge in [0, 0.05) is 23.3 Å². The highest BCUT2D eigenvalue weighted by atomic mass is 79.9. The van der Waals surface area contributed by atoms with E-state index in [0.717, 1.165) is 23.0 Å². The average Bonchev–Trinajstić information content (AvgIpc) is 2.47. The van der Waals surface area contributed by atoms with Gasteiger partial charge in [-0.2, -0.15) is 0 Å². The summed E-state index contributed by atoms with van der Waals surface area (Å²) in [6.45, 7) is 0.804. The molecule has 2 aliphatic rings. The third kappa shape index (κ3) is 2.45. The van der Waals surface area contributed by atoms with Gasteiger partial charge in [0.05, 0.1) is 12.0 Å². The molecule has 1 aromatic rings. The highest BCUT2D eigenvalue weighted by Crippen LogP contribution is 2.34. The number of fused-ring (bicyclic) bond motifs is 1. The molecule has 2 aliphatic heterocycles. The number of halogens is 1. The standard InChI is InChI=1S/C16H16BrNO2/c17-12-6-4-11(5-7-12)16(20)15-13-3-1-2-9-18(13)10-8-14(15)19/h1-2,4-8,10,13,15-16,20H,3,9H2/t13?,15?,16-/m0/s1. The van der Waals surface area contributed by atoms with Crippen LogP contribution in [0.15, 0.2) is 53.2 Å². The molecule has 20 heavy (non-hydrogen) atoms. The van der Waals surface area contributed by atoms with Gasteiger partial charge in [-0.25, -0.2) is 0 Å². The van der Waals surface area contributed by atoms with Crippen molar-refractivity contribution in [2.75, 3.05) is 6.54 Å². The second-order valence-electron chi connectivity index (χ2n) is 5.21. The third-order valence-electron chi connectivity index (χ3n) is 4.01. The Morgan fingerprint density at radius 1 is 1.25 bits per heavy atom. The van der Waals surface area contributed by atoms with Crippen LogP contribution in [-0.4, -0.2) is 28.4 Å². The lowest BCUT2D eigenvalue weighted by Gasteiger charge is -2.41. The van der Waals surface area contributed by atoms with E-state index in [4.69, 9.17) is 0 Å². The Balaban J connectivity index is 1.90. The van der Waals surface area contributed by atoms with Gasteiger partial charge in [0.2, 0.25) is 0 Å². The normalized spacial score (nSPS) is 26.5. The van der Waals surface area contributed by atoms with Crippen LogP contribution in [0.5, 0.6) is 0 Å². The zero-order valence-electron chi connectivity index (χ0n) is 10.9. The largest absolute Gasteiger partial charge is 0.388 e. The van der Waals surface area contributed by atoms with Crippen molar-refractivity contribution in [2.24, 2.45) is 5.92 Å². The molecule has 1 N–H and O–H groups in total. The molecule has 0 fully saturated rings. The van der Waals surface area contributed by atoms with E-state index in [0.29, 0.717) is 0 Å². The van der Waals surface area contributed by atoms with Crippen LogP contribution in [0.3, 0.4) is 0 Å². The number of aliphatic hydroxyl groups is 1. The predicted octanol–water partition coefficient (Wildman–Crippen LogP) is 2.83. The Morgan fingerprint density at radius 3 is 2.75 bits per heavy atom. The number of carbonyl (C=O) groups excluding carboxylic acids is 1. The Hall–Kier alpha value is -1.39. The zero-order chi connectivity index (χ0) is 14.1. The van der Waals surface area contributed by atoms with Crippen molar-refractivity contribution < 1.29 is 9.90 Å². The van der Waals surface area contributed by atoms with Crippen molar-refractivity contribution >= 4 is 21.7 Å². The maximum Gasteiger partial charge on any atom is 0.165 e. The van der Waals surface area contributed by atoms with Crippen LogP contribution in [0, 0.1) is 5.92 Å². The molecule has 104 valence electrons. The predicted molar refractivity (Wildman–Crippen MR) is 81.0 cm³/mol. The van der Waals surface area contributed by atoms with Gasteiger partial charge in [0.15, 0.2) is 5.78 Å². The first-order valence-electron chi connectivity index (χ1n) is 6.73. The van der Waals surface area contributed by atoms with Crippen LogP contribution >= 0.6 is 15.9 Å². The summed E-state index contributed by atoms with van der Waals surface area (Å²) < 4.78 is 0.963. The lowest BCUT2D eigenvalue weighted by molar-refractivity contribution is -0.125. The monoisotopic (exact) mass is 333 g/mol. The fraction of sp³-hybridized carbons (Fsp3) is 0.312. The number of nitrogens with zero attached hydrogens (tertiary/aromatic N) is 1. The summed E-state index contributed by atoms with van der Waals surface area (Å²) in [4.78, 5) is 14.4. The molecular formula is C16H16BrNO2. The fourth-order valence-electron chi connectivity index (χ4n) is 2.93. The summed E-state index contributed by atoms with van der Waals surface area (Å²) in [5, 5.41) is 10.6. The lowest BCUT2D eigenvalue weighted by atomic mass is 9.81. The number of ketones is 1. The molecule has 0 aromatic heterocycles. The van der Waals surface area contributed by atoms with Crippen molar-refractivity contribution in [3.05, 3.63) is 58.7 Å². The minimum Gasteiger partial charge on any atom is -0.388 e. The molecule has 3 nitrogen and oxygen atoms in total. The minimum absolute atomic E-state index is 0.0111. The maximum absolute atomic E-state index is 12.2. The molecule has 2 heterocycles. The Morgan fingerprint density at radius 2 is 2.00 bits per heavy atom. The number of carbonyl (C=O) groups is 1. The first-order valence-corrected chi connectivity index (χ1v) is 7.52. The number of rotatable bonds is 2. The first kappa shape index (κ1) is 13.6. The Labute approximate surface area is 126 Å². The summed E-state index contributed by atoms with van der Waals surface area (Å²) in [7, 11) is 0. The van der Waals surface area contributed by atoms with Crippen LogP contribution in [0.1, 0.15) is 18.1 Å². The molecule has 0 aliphatic carbocycles. The summed E-state index contributed by atoms with van der Waals surface area (Å²) in [5.41, 5.74) is 0.788. The summed E-state index contributed by atoms with van der Waals surface area (Å²) in [6, 6.07) is 7.56. The molecule has 3 rings (SSSR count). The smallest absolute Gasteiger partial charge is 0.165 e. The molecule has 0 saturated heterocycles. The molecule has 1 aromatic carbocycles. The lowest BCUT2D eigenvalue weighted by Crippen LogP contribution is -2.47. The topological polar surface area (TPSA) is 40.5 Å². The van der Waals surface area contributed by atoms with Gasteiger partial charge in [0.25, 0.3) is 0 Å². The van der Waals surface area contributed by atoms with Crippen LogP contribution in [0.4, 0.5) is 0 Å². The van der Waals surface area contributed by atoms with Crippen molar-refractivity contribution in [2.45, 2.75) is 18.6 Å². The first-order chi connectivity index (χ1) is 9.66. The second-order valence-corrected chi connectivity index (χ2v) is 6.13. The molecular weight excluding hydrogens is 318 g/mol. The van der Waals surface area contributed by atoms with E-state index in [2.05, 4.69) is 33.0 Å².